The molecule has 21 heavy (non-hydrogen) atoms. The number of para-hydroxylation sites is 2. The fraction of sp³-hybridized carbons (Fsp3) is 0.500. The van der Waals surface area contributed by atoms with E-state index in [1.165, 1.54) is 12.8 Å². The molecule has 5 heteroatoms. The first-order chi connectivity index (χ1) is 10.1. The lowest BCUT2D eigenvalue weighted by Gasteiger charge is -2.12. The Bertz CT molecular complexity index is 697. The molecule has 1 aromatic carbocycles. The average Bonchev–Trinajstić information content (AvgIpc) is 3.25. The van der Waals surface area contributed by atoms with Crippen LogP contribution < -0.4 is 11.1 Å². The van der Waals surface area contributed by atoms with Crippen LogP contribution in [0.3, 0.4) is 0 Å². The van der Waals surface area contributed by atoms with Crippen molar-refractivity contribution in [1.29, 1.82) is 0 Å². The molecule has 112 valence electrons. The number of hydrogen-bond donors (Lipinski definition) is 1. The van der Waals surface area contributed by atoms with Crippen LogP contribution in [0.2, 0.25) is 0 Å². The van der Waals surface area contributed by atoms with E-state index in [1.807, 2.05) is 18.2 Å². The minimum absolute atomic E-state index is 0.0650. The summed E-state index contributed by atoms with van der Waals surface area (Å²) in [6.45, 7) is 2.56. The second-order valence-corrected chi connectivity index (χ2v) is 5.78. The number of carbonyl (C=O) groups excluding carboxylic acids is 1. The molecule has 1 fully saturated rings. The van der Waals surface area contributed by atoms with Gasteiger partial charge in [-0.3, -0.25) is 9.36 Å². The van der Waals surface area contributed by atoms with Gasteiger partial charge < -0.3 is 9.73 Å². The first-order valence-corrected chi connectivity index (χ1v) is 7.53. The summed E-state index contributed by atoms with van der Waals surface area (Å²) in [6.07, 6.45) is 3.51. The van der Waals surface area contributed by atoms with E-state index < -0.39 is 0 Å². The molecule has 3 rings (SSSR count). The number of amides is 1. The van der Waals surface area contributed by atoms with Crippen LogP contribution in [-0.2, 0) is 11.3 Å². The van der Waals surface area contributed by atoms with Crippen LogP contribution in [-0.4, -0.2) is 16.5 Å². The molecule has 1 aliphatic carbocycles. The van der Waals surface area contributed by atoms with Crippen LogP contribution in [0, 0.1) is 5.92 Å². The van der Waals surface area contributed by atoms with Gasteiger partial charge in [0.2, 0.25) is 5.91 Å². The van der Waals surface area contributed by atoms with E-state index in [-0.39, 0.29) is 17.7 Å². The van der Waals surface area contributed by atoms with Crippen LogP contribution in [0.4, 0.5) is 0 Å². The minimum Gasteiger partial charge on any atom is -0.408 e. The Kier molecular flexibility index (Phi) is 3.82. The first-order valence-electron chi connectivity index (χ1n) is 7.53. The molecular formula is C16H20N2O3. The predicted octanol–water partition coefficient (Wildman–Crippen LogP) is 2.29. The zero-order chi connectivity index (χ0) is 14.8. The Morgan fingerprint density at radius 1 is 1.43 bits per heavy atom. The van der Waals surface area contributed by atoms with Crippen molar-refractivity contribution in [3.63, 3.8) is 0 Å². The van der Waals surface area contributed by atoms with Crippen LogP contribution in [0.15, 0.2) is 33.5 Å². The van der Waals surface area contributed by atoms with Crippen LogP contribution in [0.25, 0.3) is 11.1 Å². The monoisotopic (exact) mass is 288 g/mol. The fourth-order valence-corrected chi connectivity index (χ4v) is 2.66. The zero-order valence-electron chi connectivity index (χ0n) is 12.2. The normalized spacial score (nSPS) is 16.0. The van der Waals surface area contributed by atoms with Crippen molar-refractivity contribution >= 4 is 17.0 Å². The van der Waals surface area contributed by atoms with E-state index in [1.54, 1.807) is 10.6 Å². The number of rotatable bonds is 6. The van der Waals surface area contributed by atoms with Gasteiger partial charge in [0.15, 0.2) is 5.58 Å². The maximum absolute atomic E-state index is 11.8. The Balaban J connectivity index is 1.55. The Morgan fingerprint density at radius 2 is 2.19 bits per heavy atom. The molecule has 1 N–H and O–H groups in total. The molecule has 1 heterocycles. The summed E-state index contributed by atoms with van der Waals surface area (Å²) in [5, 5.41) is 3.02. The number of oxazole rings is 1. The van der Waals surface area contributed by atoms with E-state index >= 15 is 0 Å². The van der Waals surface area contributed by atoms with Crippen molar-refractivity contribution in [2.75, 3.05) is 0 Å². The maximum atomic E-state index is 11.8. The molecule has 0 radical (unpaired) electrons. The van der Waals surface area contributed by atoms with E-state index in [2.05, 4.69) is 12.2 Å². The van der Waals surface area contributed by atoms with Gasteiger partial charge in [0, 0.05) is 19.0 Å². The molecular weight excluding hydrogens is 268 g/mol. The molecule has 0 spiro atoms. The summed E-state index contributed by atoms with van der Waals surface area (Å²) in [5.41, 5.74) is 1.38. The summed E-state index contributed by atoms with van der Waals surface area (Å²) < 4.78 is 6.76. The third-order valence-corrected chi connectivity index (χ3v) is 4.08. The highest BCUT2D eigenvalue weighted by Crippen LogP contribution is 2.32. The lowest BCUT2D eigenvalue weighted by atomic mass is 10.2. The first kappa shape index (κ1) is 13.9. The van der Waals surface area contributed by atoms with Gasteiger partial charge in [-0.25, -0.2) is 4.79 Å². The van der Waals surface area contributed by atoms with Gasteiger partial charge in [0.05, 0.1) is 5.52 Å². The highest BCUT2D eigenvalue weighted by atomic mass is 16.4. The quantitative estimate of drug-likeness (QED) is 0.887. The third kappa shape index (κ3) is 3.17. The highest BCUT2D eigenvalue weighted by molar-refractivity contribution is 5.76. The number of benzene rings is 1. The summed E-state index contributed by atoms with van der Waals surface area (Å²) in [6, 6.07) is 7.61. The van der Waals surface area contributed by atoms with E-state index in [4.69, 9.17) is 4.42 Å². The Labute approximate surface area is 122 Å². The molecule has 0 aliphatic heterocycles. The molecule has 1 aromatic heterocycles. The zero-order valence-corrected chi connectivity index (χ0v) is 12.2. The van der Waals surface area contributed by atoms with Gasteiger partial charge in [-0.1, -0.05) is 12.1 Å². The van der Waals surface area contributed by atoms with E-state index in [9.17, 15) is 9.59 Å². The number of nitrogens with one attached hydrogen (secondary N) is 1. The Morgan fingerprint density at radius 3 is 2.95 bits per heavy atom. The minimum atomic E-state index is -0.358. The van der Waals surface area contributed by atoms with Crippen LogP contribution in [0.5, 0.6) is 0 Å². The largest absolute Gasteiger partial charge is 0.419 e. The van der Waals surface area contributed by atoms with Gasteiger partial charge >= 0.3 is 5.76 Å². The highest BCUT2D eigenvalue weighted by Gasteiger charge is 2.28. The van der Waals surface area contributed by atoms with Crippen LogP contribution in [0.1, 0.15) is 32.6 Å². The van der Waals surface area contributed by atoms with Crippen molar-refractivity contribution in [3.8, 4) is 0 Å². The molecule has 1 saturated carbocycles. The summed E-state index contributed by atoms with van der Waals surface area (Å²) in [5.74, 6) is 0.368. The third-order valence-electron chi connectivity index (χ3n) is 4.08. The predicted molar refractivity (Wildman–Crippen MR) is 80.0 cm³/mol. The standard InChI is InChI=1S/C16H20N2O3/c1-11(12-8-9-12)17-15(19)7-4-10-18-13-5-2-3-6-14(13)21-16(18)20/h2-3,5-6,11-12H,4,7-10H2,1H3,(H,17,19)/t11-/m1/s1. The maximum Gasteiger partial charge on any atom is 0.419 e. The number of hydrogen-bond acceptors (Lipinski definition) is 3. The summed E-state index contributed by atoms with van der Waals surface area (Å²) in [7, 11) is 0. The topological polar surface area (TPSA) is 64.2 Å². The summed E-state index contributed by atoms with van der Waals surface area (Å²) >= 11 is 0. The molecule has 5 nitrogen and oxygen atoms in total. The van der Waals surface area contributed by atoms with Crippen LogP contribution >= 0.6 is 0 Å². The van der Waals surface area contributed by atoms with Crippen molar-refractivity contribution < 1.29 is 9.21 Å². The smallest absolute Gasteiger partial charge is 0.408 e. The van der Waals surface area contributed by atoms with Crippen molar-refractivity contribution in [2.24, 2.45) is 5.92 Å². The molecule has 1 amide bonds. The number of aryl methyl sites for hydroxylation is 1. The average molecular weight is 288 g/mol. The fourth-order valence-electron chi connectivity index (χ4n) is 2.66. The van der Waals surface area contributed by atoms with E-state index in [0.717, 1.165) is 5.52 Å². The number of carbonyl (C=O) groups is 1. The molecule has 0 saturated heterocycles. The van der Waals surface area contributed by atoms with Crippen molar-refractivity contribution in [3.05, 3.63) is 34.8 Å². The molecule has 2 aromatic rings. The summed E-state index contributed by atoms with van der Waals surface area (Å²) in [4.78, 5) is 23.6. The number of nitrogens with zero attached hydrogens (tertiary/aromatic N) is 1. The van der Waals surface area contributed by atoms with Gasteiger partial charge in [0.1, 0.15) is 0 Å². The van der Waals surface area contributed by atoms with Gasteiger partial charge in [-0.2, -0.15) is 0 Å². The lowest BCUT2D eigenvalue weighted by molar-refractivity contribution is -0.121. The molecule has 1 atom stereocenters. The van der Waals surface area contributed by atoms with Crippen molar-refractivity contribution in [2.45, 2.75) is 45.2 Å². The van der Waals surface area contributed by atoms with Gasteiger partial charge in [-0.15, -0.1) is 0 Å². The SMILES string of the molecule is C[C@@H](NC(=O)CCCn1c(=O)oc2ccccc21)C1CC1. The number of aromatic nitrogens is 1. The number of fused-ring (bicyclic) bond motifs is 1. The molecule has 0 unspecified atom stereocenters. The molecule has 1 aliphatic rings. The lowest BCUT2D eigenvalue weighted by Crippen LogP contribution is -2.34. The molecule has 0 bridgehead atoms. The second-order valence-electron chi connectivity index (χ2n) is 5.78. The van der Waals surface area contributed by atoms with E-state index in [0.29, 0.717) is 30.9 Å². The van der Waals surface area contributed by atoms with Gasteiger partial charge in [-0.05, 0) is 44.2 Å². The Hall–Kier alpha value is -2.04. The van der Waals surface area contributed by atoms with Crippen molar-refractivity contribution in [1.82, 2.24) is 9.88 Å². The van der Waals surface area contributed by atoms with Gasteiger partial charge in [0.25, 0.3) is 0 Å². The second kappa shape index (κ2) is 5.76.